The Morgan fingerprint density at radius 3 is 1.04 bits per heavy atom. The van der Waals surface area contributed by atoms with Crippen LogP contribution in [0, 0.1) is 0 Å². The summed E-state index contributed by atoms with van der Waals surface area (Å²) in [5.74, 6) is -4.58. The molecule has 0 spiro atoms. The molecule has 6 nitrogen and oxygen atoms in total. The Bertz CT molecular complexity index is 621. The number of carboxylic acids is 2. The van der Waals surface area contributed by atoms with E-state index in [0.717, 1.165) is 0 Å². The van der Waals surface area contributed by atoms with E-state index in [0.29, 0.717) is 0 Å². The van der Waals surface area contributed by atoms with Crippen LogP contribution in [-0.2, 0) is 42.3 Å². The van der Waals surface area contributed by atoms with Crippen molar-refractivity contribution in [3.05, 3.63) is 71.8 Å². The van der Waals surface area contributed by atoms with Gasteiger partial charge in [-0.05, 0) is 0 Å². The molecule has 0 unspecified atom stereocenters. The number of benzene rings is 2. The predicted molar refractivity (Wildman–Crippen MR) is 76.8 cm³/mol. The number of carbonyl (C=O) groups is 4. The Balaban J connectivity index is 0.000000403. The number of carbonyl (C=O) groups excluding carboxylic acids is 2. The number of Topliss-reactive ketones (excluding diaryl/α,β-unsaturated/α-hetero) is 2. The van der Waals surface area contributed by atoms with Gasteiger partial charge in [0.1, 0.15) is 0 Å². The van der Waals surface area contributed by atoms with Crippen molar-refractivity contribution < 1.29 is 62.1 Å². The fourth-order valence-corrected chi connectivity index (χ4v) is 1.43. The number of hydrogen-bond acceptors (Lipinski definition) is 4. The van der Waals surface area contributed by atoms with E-state index in [9.17, 15) is 19.2 Å². The maximum atomic E-state index is 10.7. The van der Waals surface area contributed by atoms with E-state index in [1.54, 1.807) is 36.4 Å². The van der Waals surface area contributed by atoms with Gasteiger partial charge in [0.15, 0.2) is 0 Å². The number of rotatable bonds is 4. The van der Waals surface area contributed by atoms with Gasteiger partial charge < -0.3 is 10.2 Å². The maximum Gasteiger partial charge on any atom is 0.377 e. The molecule has 1 radical (unpaired) electrons. The molecule has 0 aromatic heterocycles. The van der Waals surface area contributed by atoms with E-state index in [4.69, 9.17) is 10.2 Å². The summed E-state index contributed by atoms with van der Waals surface area (Å²) in [6.07, 6.45) is 0. The molecule has 0 aliphatic carbocycles. The molecular weight excluding hydrogens is 377 g/mol. The van der Waals surface area contributed by atoms with Crippen molar-refractivity contribution in [1.29, 1.82) is 0 Å². The summed E-state index contributed by atoms with van der Waals surface area (Å²) in [5, 5.41) is 16.6. The second-order valence-corrected chi connectivity index (χ2v) is 4.00. The van der Waals surface area contributed by atoms with Crippen molar-refractivity contribution in [2.24, 2.45) is 0 Å². The molecule has 115 valence electrons. The van der Waals surface area contributed by atoms with E-state index in [1.165, 1.54) is 24.3 Å². The number of hydrogen-bond donors (Lipinski definition) is 2. The van der Waals surface area contributed by atoms with Crippen LogP contribution in [0.3, 0.4) is 0 Å². The summed E-state index contributed by atoms with van der Waals surface area (Å²) < 4.78 is 0. The van der Waals surface area contributed by atoms with Gasteiger partial charge >= 0.3 is 11.9 Å². The molecule has 0 heterocycles. The summed E-state index contributed by atoms with van der Waals surface area (Å²) in [6, 6.07) is 15.8. The Morgan fingerprint density at radius 1 is 0.565 bits per heavy atom. The fourth-order valence-electron chi connectivity index (χ4n) is 1.43. The van der Waals surface area contributed by atoms with Crippen molar-refractivity contribution in [3.8, 4) is 0 Å². The molecular formula is C16H12O6Y. The van der Waals surface area contributed by atoms with Gasteiger partial charge in [-0.25, -0.2) is 9.59 Å². The van der Waals surface area contributed by atoms with Crippen LogP contribution in [0.4, 0.5) is 0 Å². The largest absolute Gasteiger partial charge is 0.475 e. The van der Waals surface area contributed by atoms with Crippen LogP contribution < -0.4 is 0 Å². The molecule has 0 saturated heterocycles. The first-order chi connectivity index (χ1) is 10.4. The maximum absolute atomic E-state index is 10.7. The second-order valence-electron chi connectivity index (χ2n) is 4.00. The molecule has 2 N–H and O–H groups in total. The second kappa shape index (κ2) is 10.5. The molecule has 0 amide bonds. The molecule has 0 aliphatic rings. The third-order valence-electron chi connectivity index (χ3n) is 2.46. The van der Waals surface area contributed by atoms with E-state index in [2.05, 4.69) is 0 Å². The molecule has 0 aliphatic heterocycles. The summed E-state index contributed by atoms with van der Waals surface area (Å²) in [4.78, 5) is 41.8. The standard InChI is InChI=1S/2C8H6O3.Y/c2*9-7(8(10)11)6-4-2-1-3-5-6;/h2*1-5H,(H,10,11);. The first kappa shape index (κ1) is 20.8. The van der Waals surface area contributed by atoms with Crippen molar-refractivity contribution in [3.63, 3.8) is 0 Å². The van der Waals surface area contributed by atoms with Crippen LogP contribution >= 0.6 is 0 Å². The first-order valence-electron chi connectivity index (χ1n) is 6.09. The average Bonchev–Trinajstić information content (AvgIpc) is 2.55. The molecule has 2 aromatic rings. The van der Waals surface area contributed by atoms with E-state index >= 15 is 0 Å². The van der Waals surface area contributed by atoms with Crippen LogP contribution in [0.2, 0.25) is 0 Å². The molecule has 0 saturated carbocycles. The normalized spacial score (nSPS) is 8.70. The van der Waals surface area contributed by atoms with Crippen molar-refractivity contribution in [2.75, 3.05) is 0 Å². The quantitative estimate of drug-likeness (QED) is 0.611. The van der Waals surface area contributed by atoms with Gasteiger partial charge in [0.2, 0.25) is 0 Å². The van der Waals surface area contributed by atoms with Crippen molar-refractivity contribution in [1.82, 2.24) is 0 Å². The summed E-state index contributed by atoms with van der Waals surface area (Å²) in [5.41, 5.74) is 0.417. The molecule has 0 bridgehead atoms. The van der Waals surface area contributed by atoms with Crippen LogP contribution in [0.15, 0.2) is 60.7 Å². The Labute approximate surface area is 157 Å². The predicted octanol–water partition coefficient (Wildman–Crippen LogP) is 1.91. The Morgan fingerprint density at radius 2 is 0.826 bits per heavy atom. The molecule has 23 heavy (non-hydrogen) atoms. The van der Waals surface area contributed by atoms with Gasteiger partial charge in [-0.15, -0.1) is 0 Å². The van der Waals surface area contributed by atoms with E-state index < -0.39 is 23.5 Å². The molecule has 2 aromatic carbocycles. The zero-order valence-electron chi connectivity index (χ0n) is 11.9. The van der Waals surface area contributed by atoms with Gasteiger partial charge in [0.25, 0.3) is 11.6 Å². The summed E-state index contributed by atoms with van der Waals surface area (Å²) in [6.45, 7) is 0. The van der Waals surface area contributed by atoms with Crippen molar-refractivity contribution >= 4 is 23.5 Å². The van der Waals surface area contributed by atoms with Crippen LogP contribution in [0.5, 0.6) is 0 Å². The Kier molecular flexibility index (Phi) is 9.54. The van der Waals surface area contributed by atoms with Gasteiger partial charge in [0, 0.05) is 43.8 Å². The van der Waals surface area contributed by atoms with Gasteiger partial charge in [-0.2, -0.15) is 0 Å². The third kappa shape index (κ3) is 7.08. The monoisotopic (exact) mass is 389 g/mol. The average molecular weight is 389 g/mol. The SMILES string of the molecule is O=C(O)C(=O)c1ccccc1.O=C(O)C(=O)c1ccccc1.[Y]. The smallest absolute Gasteiger partial charge is 0.377 e. The Hall–Kier alpha value is -2.18. The van der Waals surface area contributed by atoms with Crippen LogP contribution in [-0.4, -0.2) is 33.7 Å². The first-order valence-corrected chi connectivity index (χ1v) is 6.09. The van der Waals surface area contributed by atoms with E-state index in [-0.39, 0.29) is 43.8 Å². The van der Waals surface area contributed by atoms with Gasteiger partial charge in [0.05, 0.1) is 0 Å². The van der Waals surface area contributed by atoms with Gasteiger partial charge in [-0.3, -0.25) is 9.59 Å². The van der Waals surface area contributed by atoms with Crippen LogP contribution in [0.1, 0.15) is 20.7 Å². The van der Waals surface area contributed by atoms with Crippen molar-refractivity contribution in [2.45, 2.75) is 0 Å². The molecule has 7 heteroatoms. The number of carboxylic acid groups (broad SMARTS) is 2. The topological polar surface area (TPSA) is 109 Å². The summed E-state index contributed by atoms with van der Waals surface area (Å²) >= 11 is 0. The zero-order chi connectivity index (χ0) is 16.5. The summed E-state index contributed by atoms with van der Waals surface area (Å²) in [7, 11) is 0. The minimum atomic E-state index is -1.42. The fraction of sp³-hybridized carbons (Fsp3) is 0. The third-order valence-corrected chi connectivity index (χ3v) is 2.46. The van der Waals surface area contributed by atoms with E-state index in [1.807, 2.05) is 0 Å². The molecule has 0 fully saturated rings. The molecule has 2 rings (SSSR count). The number of ketones is 2. The van der Waals surface area contributed by atoms with Gasteiger partial charge in [-0.1, -0.05) is 60.7 Å². The molecule has 0 atom stereocenters. The minimum Gasteiger partial charge on any atom is -0.475 e. The van der Waals surface area contributed by atoms with Crippen LogP contribution in [0.25, 0.3) is 0 Å². The minimum absolute atomic E-state index is 0. The zero-order valence-corrected chi connectivity index (χ0v) is 14.7. The number of aliphatic carboxylic acids is 2.